The second-order valence-electron chi connectivity index (χ2n) is 3.82. The van der Waals surface area contributed by atoms with Crippen LogP contribution < -0.4 is 4.85 Å². The molecule has 0 N–H and O–H groups in total. The van der Waals surface area contributed by atoms with Crippen LogP contribution in [0.3, 0.4) is 0 Å². The predicted molar refractivity (Wildman–Crippen MR) is 60.8 cm³/mol. The minimum absolute atomic E-state index is 0.0886. The van der Waals surface area contributed by atoms with Crippen molar-refractivity contribution in [3.8, 4) is 0 Å². The van der Waals surface area contributed by atoms with Gasteiger partial charge in [-0.3, -0.25) is 10.1 Å². The third-order valence-corrected chi connectivity index (χ3v) is 2.71. The third-order valence-electron chi connectivity index (χ3n) is 2.71. The molecule has 0 bridgehead atoms. The average molecular weight is 245 g/mol. The Morgan fingerprint density at radius 2 is 2.28 bits per heavy atom. The summed E-state index contributed by atoms with van der Waals surface area (Å²) >= 11 is 0. The van der Waals surface area contributed by atoms with Gasteiger partial charge in [0, 0.05) is 24.3 Å². The molecule has 0 unspecified atom stereocenters. The summed E-state index contributed by atoms with van der Waals surface area (Å²) in [5.41, 5.74) is 0.698. The van der Waals surface area contributed by atoms with Gasteiger partial charge in [0.25, 0.3) is 0 Å². The number of aromatic nitrogens is 4. The van der Waals surface area contributed by atoms with Gasteiger partial charge in [0.05, 0.1) is 4.92 Å². The molecule has 18 heavy (non-hydrogen) atoms. The van der Waals surface area contributed by atoms with Crippen LogP contribution in [0.2, 0.25) is 0 Å². The normalized spacial score (nSPS) is 11.2. The number of hydrogen-bond acceptors (Lipinski definition) is 5. The maximum absolute atomic E-state index is 11.5. The van der Waals surface area contributed by atoms with E-state index in [2.05, 4.69) is 10.2 Å². The van der Waals surface area contributed by atoms with Crippen LogP contribution in [-0.2, 0) is 0 Å². The lowest BCUT2D eigenvalue weighted by Gasteiger charge is -1.96. The molecule has 90 valence electrons. The maximum Gasteiger partial charge on any atom is 0.306 e. The van der Waals surface area contributed by atoms with Crippen LogP contribution in [0.25, 0.3) is 16.6 Å². The van der Waals surface area contributed by atoms with Crippen LogP contribution >= 0.6 is 0 Å². The Morgan fingerprint density at radius 1 is 1.50 bits per heavy atom. The minimum Gasteiger partial charge on any atom is -0.594 e. The molecule has 0 atom stereocenters. The molecule has 0 aliphatic rings. The number of aryl methyl sites for hydroxylation is 1. The average Bonchev–Trinajstić information content (AvgIpc) is 2.64. The highest BCUT2D eigenvalue weighted by atomic mass is 16.6. The zero-order valence-corrected chi connectivity index (χ0v) is 9.27. The number of rotatable bonds is 1. The van der Waals surface area contributed by atoms with Gasteiger partial charge < -0.3 is 5.21 Å². The molecule has 0 aliphatic heterocycles. The fraction of sp³-hybridized carbons (Fsp3) is 0.100. The number of nitrogens with zero attached hydrogens (tertiary/aromatic N) is 5. The van der Waals surface area contributed by atoms with E-state index in [1.54, 1.807) is 19.1 Å². The zero-order chi connectivity index (χ0) is 12.9. The van der Waals surface area contributed by atoms with E-state index < -0.39 is 4.92 Å². The molecule has 0 aliphatic carbocycles. The van der Waals surface area contributed by atoms with Crippen molar-refractivity contribution in [1.82, 2.24) is 14.7 Å². The first kappa shape index (κ1) is 10.4. The summed E-state index contributed by atoms with van der Waals surface area (Å²) in [5.74, 6) is 0. The van der Waals surface area contributed by atoms with Crippen molar-refractivity contribution in [3.63, 3.8) is 0 Å². The van der Waals surface area contributed by atoms with Crippen molar-refractivity contribution < 1.29 is 9.77 Å². The highest BCUT2D eigenvalue weighted by Crippen LogP contribution is 2.30. The SMILES string of the molecule is Cc1cc2c([N+](=O)[O-])c3cccnn3c2n[n+]1[O-]. The second kappa shape index (κ2) is 3.36. The number of fused-ring (bicyclic) bond motifs is 3. The van der Waals surface area contributed by atoms with Crippen molar-refractivity contribution in [1.29, 1.82) is 0 Å². The molecular weight excluding hydrogens is 238 g/mol. The van der Waals surface area contributed by atoms with E-state index in [0.29, 0.717) is 21.4 Å². The van der Waals surface area contributed by atoms with E-state index in [0.717, 1.165) is 0 Å². The van der Waals surface area contributed by atoms with Crippen molar-refractivity contribution in [2.24, 2.45) is 0 Å². The summed E-state index contributed by atoms with van der Waals surface area (Å²) in [6, 6.07) is 4.61. The molecule has 0 spiro atoms. The lowest BCUT2D eigenvalue weighted by Crippen LogP contribution is -2.34. The Bertz CT molecular complexity index is 795. The molecule has 0 amide bonds. The maximum atomic E-state index is 11.5. The molecule has 3 rings (SSSR count). The van der Waals surface area contributed by atoms with Gasteiger partial charge in [-0.2, -0.15) is 5.10 Å². The van der Waals surface area contributed by atoms with Gasteiger partial charge >= 0.3 is 5.69 Å². The van der Waals surface area contributed by atoms with Crippen molar-refractivity contribution in [3.05, 3.63) is 45.4 Å². The van der Waals surface area contributed by atoms with E-state index in [-0.39, 0.29) is 11.3 Å². The van der Waals surface area contributed by atoms with Gasteiger partial charge in [0.15, 0.2) is 0 Å². The summed E-state index contributed by atoms with van der Waals surface area (Å²) in [4.78, 5) is 11.1. The summed E-state index contributed by atoms with van der Waals surface area (Å²) in [5, 5.41) is 30.6. The van der Waals surface area contributed by atoms with Crippen molar-refractivity contribution in [2.45, 2.75) is 6.92 Å². The molecule has 3 aromatic rings. The zero-order valence-electron chi connectivity index (χ0n) is 9.27. The Balaban J connectivity index is 2.62. The standard InChI is InChI=1S/C10H7N5O3/c1-6-5-7-9(15(17)18)8-3-2-4-11-13(8)10(7)12-14(6)16/h2-5H,1H3. The van der Waals surface area contributed by atoms with Crippen LogP contribution in [0.4, 0.5) is 5.69 Å². The Kier molecular flexibility index (Phi) is 1.94. The molecule has 3 heterocycles. The Labute approximate surface area is 99.8 Å². The van der Waals surface area contributed by atoms with E-state index in [1.807, 2.05) is 0 Å². The fourth-order valence-corrected chi connectivity index (χ4v) is 1.93. The monoisotopic (exact) mass is 245 g/mol. The molecule has 3 aromatic heterocycles. The van der Waals surface area contributed by atoms with Crippen LogP contribution in [0.15, 0.2) is 24.4 Å². The molecular formula is C10H7N5O3. The Morgan fingerprint density at radius 3 is 3.00 bits per heavy atom. The topological polar surface area (TPSA) is 100 Å². The Hall–Kier alpha value is -2.77. The van der Waals surface area contributed by atoms with Crippen LogP contribution in [0, 0.1) is 22.2 Å². The van der Waals surface area contributed by atoms with Gasteiger partial charge in [0.1, 0.15) is 10.9 Å². The molecule has 8 heteroatoms. The fourth-order valence-electron chi connectivity index (χ4n) is 1.93. The first-order valence-corrected chi connectivity index (χ1v) is 5.11. The lowest BCUT2D eigenvalue weighted by atomic mass is 10.2. The lowest BCUT2D eigenvalue weighted by molar-refractivity contribution is -0.673. The molecule has 0 fully saturated rings. The van der Waals surface area contributed by atoms with Crippen molar-refractivity contribution >= 4 is 22.2 Å². The summed E-state index contributed by atoms with van der Waals surface area (Å²) in [6.45, 7) is 1.54. The highest BCUT2D eigenvalue weighted by molar-refractivity contribution is 5.96. The first-order chi connectivity index (χ1) is 8.59. The highest BCUT2D eigenvalue weighted by Gasteiger charge is 2.25. The van der Waals surface area contributed by atoms with Gasteiger partial charge in [-0.15, -0.1) is 0 Å². The smallest absolute Gasteiger partial charge is 0.306 e. The summed E-state index contributed by atoms with van der Waals surface area (Å²) in [7, 11) is 0. The van der Waals surface area contributed by atoms with E-state index in [4.69, 9.17) is 0 Å². The van der Waals surface area contributed by atoms with Crippen LogP contribution in [0.5, 0.6) is 0 Å². The number of nitro groups is 1. The molecule has 0 radical (unpaired) electrons. The molecule has 0 saturated heterocycles. The summed E-state index contributed by atoms with van der Waals surface area (Å²) in [6.07, 6.45) is 1.48. The van der Waals surface area contributed by atoms with Crippen LogP contribution in [-0.4, -0.2) is 19.6 Å². The number of hydrogen-bond donors (Lipinski definition) is 0. The predicted octanol–water partition coefficient (Wildman–Crippen LogP) is 0.733. The van der Waals surface area contributed by atoms with Crippen molar-refractivity contribution in [2.75, 3.05) is 0 Å². The van der Waals surface area contributed by atoms with Crippen LogP contribution in [0.1, 0.15) is 5.69 Å². The van der Waals surface area contributed by atoms with E-state index >= 15 is 0 Å². The van der Waals surface area contributed by atoms with Gasteiger partial charge in [-0.1, -0.05) is 4.85 Å². The third kappa shape index (κ3) is 1.22. The molecule has 0 saturated carbocycles. The van der Waals surface area contributed by atoms with Gasteiger partial charge in [-0.25, -0.2) is 4.52 Å². The minimum atomic E-state index is -0.490. The van der Waals surface area contributed by atoms with Gasteiger partial charge in [0.2, 0.25) is 11.3 Å². The molecule has 0 aromatic carbocycles. The second-order valence-corrected chi connectivity index (χ2v) is 3.82. The quantitative estimate of drug-likeness (QED) is 0.272. The summed E-state index contributed by atoms with van der Waals surface area (Å²) < 4.78 is 1.29. The van der Waals surface area contributed by atoms with E-state index in [1.165, 1.54) is 16.8 Å². The largest absolute Gasteiger partial charge is 0.594 e. The first-order valence-electron chi connectivity index (χ1n) is 5.11. The molecule has 8 nitrogen and oxygen atoms in total. The van der Waals surface area contributed by atoms with E-state index in [9.17, 15) is 15.3 Å². The van der Waals surface area contributed by atoms with Gasteiger partial charge in [-0.05, 0) is 12.1 Å².